The summed E-state index contributed by atoms with van der Waals surface area (Å²) in [5, 5.41) is 8.01. The quantitative estimate of drug-likeness (QED) is 0.898. The number of amides is 1. The molecule has 1 unspecified atom stereocenters. The van der Waals surface area contributed by atoms with Crippen molar-refractivity contribution < 1.29 is 4.79 Å². The van der Waals surface area contributed by atoms with Crippen molar-refractivity contribution in [2.75, 3.05) is 24.5 Å². The van der Waals surface area contributed by atoms with Gasteiger partial charge < -0.3 is 10.2 Å². The first-order valence-corrected chi connectivity index (χ1v) is 8.94. The second-order valence-electron chi connectivity index (χ2n) is 7.37. The van der Waals surface area contributed by atoms with Crippen LogP contribution in [0.4, 0.5) is 5.69 Å². The number of para-hydroxylation sites is 1. The van der Waals surface area contributed by atoms with Gasteiger partial charge in [-0.3, -0.25) is 9.48 Å². The molecule has 1 spiro atoms. The average Bonchev–Trinajstić information content (AvgIpc) is 3.12. The summed E-state index contributed by atoms with van der Waals surface area (Å²) in [7, 11) is 0. The second-order valence-corrected chi connectivity index (χ2v) is 7.37. The fourth-order valence-electron chi connectivity index (χ4n) is 4.24. The summed E-state index contributed by atoms with van der Waals surface area (Å²) in [5.74, 6) is 0.0359. The normalized spacial score (nSPS) is 23.2. The van der Waals surface area contributed by atoms with Crippen LogP contribution in [0.3, 0.4) is 0 Å². The Morgan fingerprint density at radius 1 is 1.24 bits per heavy atom. The van der Waals surface area contributed by atoms with Crippen molar-refractivity contribution >= 4 is 24.0 Å². The highest BCUT2D eigenvalue weighted by molar-refractivity contribution is 6.06. The van der Waals surface area contributed by atoms with Gasteiger partial charge in [0, 0.05) is 30.4 Å². The van der Waals surface area contributed by atoms with Crippen molar-refractivity contribution in [1.82, 2.24) is 15.1 Å². The molecule has 3 heterocycles. The molecule has 1 saturated heterocycles. The number of benzene rings is 1. The molecule has 2 fully saturated rings. The van der Waals surface area contributed by atoms with E-state index in [1.807, 2.05) is 27.9 Å². The smallest absolute Gasteiger partial charge is 0.278 e. The van der Waals surface area contributed by atoms with Crippen LogP contribution in [0, 0.1) is 0 Å². The number of nitrogens with one attached hydrogen (secondary N) is 1. The van der Waals surface area contributed by atoms with Gasteiger partial charge in [-0.05, 0) is 49.9 Å². The number of halogens is 1. The van der Waals surface area contributed by atoms with Gasteiger partial charge >= 0.3 is 0 Å². The average molecular weight is 359 g/mol. The Labute approximate surface area is 153 Å². The maximum Gasteiger partial charge on any atom is 0.278 e. The van der Waals surface area contributed by atoms with Gasteiger partial charge in [-0.25, -0.2) is 0 Å². The number of hydrogen-bond acceptors (Lipinski definition) is 3. The van der Waals surface area contributed by atoms with E-state index in [-0.39, 0.29) is 23.7 Å². The van der Waals surface area contributed by atoms with Crippen LogP contribution in [0.15, 0.2) is 36.5 Å². The zero-order valence-electron chi connectivity index (χ0n) is 14.1. The molecule has 5 rings (SSSR count). The summed E-state index contributed by atoms with van der Waals surface area (Å²) in [5.41, 5.74) is 3.21. The number of hydrogen-bond donors (Lipinski definition) is 1. The number of nitrogens with zero attached hydrogens (tertiary/aromatic N) is 3. The van der Waals surface area contributed by atoms with E-state index in [9.17, 15) is 4.79 Å². The van der Waals surface area contributed by atoms with Gasteiger partial charge in [0.2, 0.25) is 0 Å². The zero-order valence-corrected chi connectivity index (χ0v) is 15.0. The minimum atomic E-state index is 0. The van der Waals surface area contributed by atoms with E-state index in [0.29, 0.717) is 11.7 Å². The fraction of sp³-hybridized carbons (Fsp3) is 0.474. The van der Waals surface area contributed by atoms with Gasteiger partial charge in [0.25, 0.3) is 5.91 Å². The fourth-order valence-corrected chi connectivity index (χ4v) is 4.24. The molecule has 1 saturated carbocycles. The molecule has 0 radical (unpaired) electrons. The first-order valence-electron chi connectivity index (χ1n) is 8.94. The molecular weight excluding hydrogens is 336 g/mol. The Hall–Kier alpha value is -1.85. The molecule has 1 aromatic heterocycles. The Morgan fingerprint density at radius 3 is 2.84 bits per heavy atom. The Kier molecular flexibility index (Phi) is 4.08. The molecule has 1 amide bonds. The zero-order chi connectivity index (χ0) is 16.1. The van der Waals surface area contributed by atoms with Crippen LogP contribution in [-0.4, -0.2) is 35.3 Å². The van der Waals surface area contributed by atoms with E-state index in [1.54, 1.807) is 0 Å². The third kappa shape index (κ3) is 2.66. The van der Waals surface area contributed by atoms with Crippen LogP contribution in [0.25, 0.3) is 0 Å². The van der Waals surface area contributed by atoms with Gasteiger partial charge in [0.05, 0.1) is 6.04 Å². The van der Waals surface area contributed by atoms with Crippen LogP contribution in [0.5, 0.6) is 0 Å². The molecule has 2 aliphatic heterocycles. The minimum Gasteiger partial charge on any atom is -0.315 e. The van der Waals surface area contributed by atoms with Gasteiger partial charge in [-0.1, -0.05) is 18.2 Å². The lowest BCUT2D eigenvalue weighted by atomic mass is 9.99. The van der Waals surface area contributed by atoms with Crippen LogP contribution in [-0.2, 0) is 5.41 Å². The predicted octanol–water partition coefficient (Wildman–Crippen LogP) is 2.92. The standard InChI is InChI=1S/C19H22N4O.ClH/c24-18(16-7-11-23(21-16)14-4-3-10-20-12-14)22-13-19(8-9-19)15-5-1-2-6-17(15)22;/h1-2,5-7,11,14,20H,3-4,8-10,12-13H2;1H. The van der Waals surface area contributed by atoms with Gasteiger partial charge in [0.15, 0.2) is 5.69 Å². The molecule has 1 N–H and O–H groups in total. The van der Waals surface area contributed by atoms with Crippen LogP contribution in [0.1, 0.15) is 47.8 Å². The number of carbonyl (C=O) groups is 1. The van der Waals surface area contributed by atoms with E-state index < -0.39 is 0 Å². The number of carbonyl (C=O) groups excluding carboxylic acids is 1. The summed E-state index contributed by atoms with van der Waals surface area (Å²) < 4.78 is 1.97. The maximum absolute atomic E-state index is 13.1. The number of anilines is 1. The van der Waals surface area contributed by atoms with E-state index >= 15 is 0 Å². The van der Waals surface area contributed by atoms with E-state index in [4.69, 9.17) is 0 Å². The lowest BCUT2D eigenvalue weighted by Crippen LogP contribution is -2.33. The molecular formula is C19H23ClN4O. The van der Waals surface area contributed by atoms with Gasteiger partial charge in [-0.15, -0.1) is 12.4 Å². The molecule has 0 bridgehead atoms. The maximum atomic E-state index is 13.1. The lowest BCUT2D eigenvalue weighted by Gasteiger charge is -2.23. The summed E-state index contributed by atoms with van der Waals surface area (Å²) in [4.78, 5) is 15.0. The van der Waals surface area contributed by atoms with E-state index in [1.165, 1.54) is 18.4 Å². The van der Waals surface area contributed by atoms with Crippen molar-refractivity contribution in [1.29, 1.82) is 0 Å². The highest BCUT2D eigenvalue weighted by atomic mass is 35.5. The van der Waals surface area contributed by atoms with Crippen molar-refractivity contribution in [3.8, 4) is 0 Å². The summed E-state index contributed by atoms with van der Waals surface area (Å²) in [6.07, 6.45) is 6.62. The third-order valence-corrected chi connectivity index (χ3v) is 5.80. The van der Waals surface area contributed by atoms with Crippen LogP contribution >= 0.6 is 12.4 Å². The number of fused-ring (bicyclic) bond motifs is 2. The SMILES string of the molecule is Cl.O=C(c1ccn(C2CCCNC2)n1)N1CC2(CC2)c2ccccc21. The van der Waals surface area contributed by atoms with Crippen LogP contribution in [0.2, 0.25) is 0 Å². The van der Waals surface area contributed by atoms with Crippen molar-refractivity contribution in [2.45, 2.75) is 37.1 Å². The number of aromatic nitrogens is 2. The number of piperidine rings is 1. The first-order chi connectivity index (χ1) is 11.8. The van der Waals surface area contributed by atoms with E-state index in [2.05, 4.69) is 28.6 Å². The molecule has 1 atom stereocenters. The Morgan fingerprint density at radius 2 is 2.08 bits per heavy atom. The Bertz CT molecular complexity index is 792. The summed E-state index contributed by atoms with van der Waals surface area (Å²) in [6, 6.07) is 10.6. The highest BCUT2D eigenvalue weighted by Gasteiger charge is 2.53. The molecule has 1 aliphatic carbocycles. The molecule has 25 heavy (non-hydrogen) atoms. The largest absolute Gasteiger partial charge is 0.315 e. The molecule has 2 aromatic rings. The molecule has 1 aromatic carbocycles. The lowest BCUT2D eigenvalue weighted by molar-refractivity contribution is 0.0981. The van der Waals surface area contributed by atoms with Crippen molar-refractivity contribution in [3.05, 3.63) is 47.8 Å². The second kappa shape index (κ2) is 6.15. The van der Waals surface area contributed by atoms with E-state index in [0.717, 1.165) is 38.2 Å². The topological polar surface area (TPSA) is 50.2 Å². The Balaban J connectivity index is 0.00000157. The summed E-state index contributed by atoms with van der Waals surface area (Å²) in [6.45, 7) is 2.82. The van der Waals surface area contributed by atoms with Gasteiger partial charge in [0.1, 0.15) is 0 Å². The van der Waals surface area contributed by atoms with Crippen LogP contribution < -0.4 is 10.2 Å². The monoisotopic (exact) mass is 358 g/mol. The molecule has 3 aliphatic rings. The van der Waals surface area contributed by atoms with Gasteiger partial charge in [-0.2, -0.15) is 5.10 Å². The predicted molar refractivity (Wildman–Crippen MR) is 99.6 cm³/mol. The molecule has 132 valence electrons. The third-order valence-electron chi connectivity index (χ3n) is 5.80. The minimum absolute atomic E-state index is 0. The number of rotatable bonds is 2. The van der Waals surface area contributed by atoms with Crippen molar-refractivity contribution in [3.63, 3.8) is 0 Å². The molecule has 5 nitrogen and oxygen atoms in total. The first kappa shape index (κ1) is 16.6. The highest BCUT2D eigenvalue weighted by Crippen LogP contribution is 2.56. The molecule has 6 heteroatoms. The van der Waals surface area contributed by atoms with Crippen molar-refractivity contribution in [2.24, 2.45) is 0 Å². The summed E-state index contributed by atoms with van der Waals surface area (Å²) >= 11 is 0.